The Hall–Kier alpha value is -2.15. The molecule has 3 N–H and O–H groups in total. The molecule has 0 saturated heterocycles. The number of nitrogens with two attached hydrogens (primary N) is 1. The fraction of sp³-hybridized carbons (Fsp3) is 0.154. The third-order valence-corrected chi connectivity index (χ3v) is 4.05. The number of aryl methyl sites for hydroxylation is 2. The Morgan fingerprint density at radius 2 is 1.90 bits per heavy atom. The number of aromatic nitrogens is 1. The Morgan fingerprint density at radius 1 is 1.20 bits per heavy atom. The van der Waals surface area contributed by atoms with Crippen molar-refractivity contribution < 1.29 is 12.8 Å². The lowest BCUT2D eigenvalue weighted by Crippen LogP contribution is -2.14. The summed E-state index contributed by atoms with van der Waals surface area (Å²) < 4.78 is 40.2. The van der Waals surface area contributed by atoms with Crippen molar-refractivity contribution in [2.24, 2.45) is 0 Å². The van der Waals surface area contributed by atoms with Crippen LogP contribution in [-0.4, -0.2) is 13.4 Å². The molecule has 5 nitrogen and oxygen atoms in total. The Morgan fingerprint density at radius 3 is 2.50 bits per heavy atom. The minimum Gasteiger partial charge on any atom is -0.396 e. The highest BCUT2D eigenvalue weighted by atomic mass is 32.2. The van der Waals surface area contributed by atoms with Gasteiger partial charge in [-0.2, -0.15) is 0 Å². The van der Waals surface area contributed by atoms with Gasteiger partial charge >= 0.3 is 0 Å². The summed E-state index contributed by atoms with van der Waals surface area (Å²) in [6.07, 6.45) is 3.00. The van der Waals surface area contributed by atoms with Gasteiger partial charge in [-0.3, -0.25) is 9.71 Å². The molecule has 0 atom stereocenters. The summed E-state index contributed by atoms with van der Waals surface area (Å²) in [4.78, 5) is 3.81. The highest BCUT2D eigenvalue weighted by Gasteiger charge is 2.17. The Kier molecular flexibility index (Phi) is 3.63. The van der Waals surface area contributed by atoms with Crippen LogP contribution >= 0.6 is 0 Å². The maximum Gasteiger partial charge on any atom is 0.262 e. The van der Waals surface area contributed by atoms with Crippen LogP contribution in [0, 0.1) is 19.7 Å². The van der Waals surface area contributed by atoms with Crippen LogP contribution in [-0.2, 0) is 10.0 Å². The number of nitrogens with zero attached hydrogens (tertiary/aromatic N) is 1. The molecule has 2 aromatic rings. The fourth-order valence-electron chi connectivity index (χ4n) is 1.74. The number of sulfonamides is 1. The van der Waals surface area contributed by atoms with Crippen molar-refractivity contribution in [2.75, 3.05) is 10.5 Å². The van der Waals surface area contributed by atoms with E-state index >= 15 is 0 Å². The van der Waals surface area contributed by atoms with Gasteiger partial charge in [-0.05, 0) is 43.2 Å². The van der Waals surface area contributed by atoms with Crippen LogP contribution in [0.5, 0.6) is 0 Å². The van der Waals surface area contributed by atoms with Crippen LogP contribution in [0.2, 0.25) is 0 Å². The first kappa shape index (κ1) is 14.3. The van der Waals surface area contributed by atoms with Gasteiger partial charge in [-0.25, -0.2) is 12.8 Å². The smallest absolute Gasteiger partial charge is 0.262 e. The van der Waals surface area contributed by atoms with Gasteiger partial charge in [-0.1, -0.05) is 0 Å². The molecular formula is C13H14FN3O2S. The van der Waals surface area contributed by atoms with Crippen LogP contribution < -0.4 is 10.5 Å². The third kappa shape index (κ3) is 2.88. The van der Waals surface area contributed by atoms with Gasteiger partial charge in [0.05, 0.1) is 22.5 Å². The molecule has 1 aromatic heterocycles. The zero-order chi connectivity index (χ0) is 14.9. The maximum absolute atomic E-state index is 13.4. The maximum atomic E-state index is 13.4. The van der Waals surface area contributed by atoms with E-state index in [0.717, 1.165) is 11.6 Å². The Balaban J connectivity index is 2.41. The zero-order valence-corrected chi connectivity index (χ0v) is 11.8. The Labute approximate surface area is 116 Å². The number of benzene rings is 1. The third-order valence-electron chi connectivity index (χ3n) is 2.69. The first-order valence-electron chi connectivity index (χ1n) is 5.80. The molecule has 0 amide bonds. The second kappa shape index (κ2) is 5.09. The number of rotatable bonds is 3. The minimum absolute atomic E-state index is 0.0876. The molecule has 20 heavy (non-hydrogen) atoms. The van der Waals surface area contributed by atoms with Crippen molar-refractivity contribution in [3.05, 3.63) is 47.5 Å². The van der Waals surface area contributed by atoms with Crippen LogP contribution in [0.1, 0.15) is 11.1 Å². The predicted octanol–water partition coefficient (Wildman–Crippen LogP) is 2.22. The second-order valence-electron chi connectivity index (χ2n) is 4.50. The summed E-state index contributed by atoms with van der Waals surface area (Å²) in [5.41, 5.74) is 6.59. The van der Waals surface area contributed by atoms with Crippen LogP contribution in [0.4, 0.5) is 15.8 Å². The lowest BCUT2D eigenvalue weighted by atomic mass is 10.2. The summed E-state index contributed by atoms with van der Waals surface area (Å²) in [7, 11) is -3.83. The molecule has 0 spiro atoms. The molecule has 0 saturated carbocycles. The lowest BCUT2D eigenvalue weighted by molar-refractivity contribution is 0.599. The van der Waals surface area contributed by atoms with E-state index in [-0.39, 0.29) is 16.1 Å². The summed E-state index contributed by atoms with van der Waals surface area (Å²) in [6.45, 7) is 3.25. The number of halogens is 1. The highest BCUT2D eigenvalue weighted by Crippen LogP contribution is 2.22. The van der Waals surface area contributed by atoms with E-state index in [1.807, 2.05) is 0 Å². The number of hydrogen-bond acceptors (Lipinski definition) is 4. The van der Waals surface area contributed by atoms with Crippen molar-refractivity contribution in [1.29, 1.82) is 0 Å². The molecule has 2 rings (SSSR count). The number of nitrogens with one attached hydrogen (secondary N) is 1. The van der Waals surface area contributed by atoms with Gasteiger partial charge in [0, 0.05) is 6.20 Å². The molecular weight excluding hydrogens is 281 g/mol. The van der Waals surface area contributed by atoms with Gasteiger partial charge in [0.25, 0.3) is 10.0 Å². The van der Waals surface area contributed by atoms with Crippen molar-refractivity contribution in [3.8, 4) is 0 Å². The average Bonchev–Trinajstić information content (AvgIpc) is 2.34. The lowest BCUT2D eigenvalue weighted by Gasteiger charge is -2.10. The van der Waals surface area contributed by atoms with E-state index in [0.29, 0.717) is 5.69 Å². The van der Waals surface area contributed by atoms with Crippen molar-refractivity contribution in [2.45, 2.75) is 18.7 Å². The number of hydrogen-bond donors (Lipinski definition) is 2. The standard InChI is InChI=1S/C13H14FN3O2S/c1-8-3-10(7-16-6-8)17-20(18,19)11-4-9(2)13(14)12(15)5-11/h3-7,17H,15H2,1-2H3. The molecule has 0 bridgehead atoms. The van der Waals surface area contributed by atoms with E-state index in [4.69, 9.17) is 5.73 Å². The van der Waals surface area contributed by atoms with Crippen molar-refractivity contribution in [3.63, 3.8) is 0 Å². The first-order chi connectivity index (χ1) is 9.29. The molecule has 1 heterocycles. The van der Waals surface area contributed by atoms with E-state index < -0.39 is 15.8 Å². The summed E-state index contributed by atoms with van der Waals surface area (Å²) in [5, 5.41) is 0. The number of anilines is 2. The largest absolute Gasteiger partial charge is 0.396 e. The SMILES string of the molecule is Cc1cncc(NS(=O)(=O)c2cc(C)c(F)c(N)c2)c1. The first-order valence-corrected chi connectivity index (χ1v) is 7.28. The van der Waals surface area contributed by atoms with Gasteiger partial charge in [0.1, 0.15) is 5.82 Å². The van der Waals surface area contributed by atoms with E-state index in [1.165, 1.54) is 19.2 Å². The highest BCUT2D eigenvalue weighted by molar-refractivity contribution is 7.92. The molecule has 0 aliphatic rings. The molecule has 0 aliphatic carbocycles. The molecule has 0 unspecified atom stereocenters. The fourth-order valence-corrected chi connectivity index (χ4v) is 2.90. The van der Waals surface area contributed by atoms with E-state index in [9.17, 15) is 12.8 Å². The summed E-state index contributed by atoms with van der Waals surface area (Å²) >= 11 is 0. The van der Waals surface area contributed by atoms with Crippen LogP contribution in [0.25, 0.3) is 0 Å². The molecule has 1 aromatic carbocycles. The van der Waals surface area contributed by atoms with Gasteiger partial charge < -0.3 is 5.73 Å². The van der Waals surface area contributed by atoms with E-state index in [1.54, 1.807) is 19.2 Å². The zero-order valence-electron chi connectivity index (χ0n) is 11.0. The summed E-state index contributed by atoms with van der Waals surface area (Å²) in [5.74, 6) is -0.610. The summed E-state index contributed by atoms with van der Waals surface area (Å²) in [6, 6.07) is 3.97. The van der Waals surface area contributed by atoms with Gasteiger partial charge in [0.2, 0.25) is 0 Å². The van der Waals surface area contributed by atoms with Crippen molar-refractivity contribution >= 4 is 21.4 Å². The number of pyridine rings is 1. The van der Waals surface area contributed by atoms with E-state index in [2.05, 4.69) is 9.71 Å². The Bertz CT molecular complexity index is 737. The topological polar surface area (TPSA) is 85.1 Å². The molecule has 7 heteroatoms. The van der Waals surface area contributed by atoms with Crippen LogP contribution in [0.3, 0.4) is 0 Å². The predicted molar refractivity (Wildman–Crippen MR) is 75.3 cm³/mol. The molecule has 106 valence electrons. The monoisotopic (exact) mass is 295 g/mol. The van der Waals surface area contributed by atoms with Gasteiger partial charge in [-0.15, -0.1) is 0 Å². The number of nitrogen functional groups attached to an aromatic ring is 1. The second-order valence-corrected chi connectivity index (χ2v) is 6.18. The quantitative estimate of drug-likeness (QED) is 0.850. The molecule has 0 radical (unpaired) electrons. The normalized spacial score (nSPS) is 11.3. The van der Waals surface area contributed by atoms with Crippen molar-refractivity contribution in [1.82, 2.24) is 4.98 Å². The van der Waals surface area contributed by atoms with Gasteiger partial charge in [0.15, 0.2) is 0 Å². The molecule has 0 aliphatic heterocycles. The minimum atomic E-state index is -3.83. The van der Waals surface area contributed by atoms with Crippen LogP contribution in [0.15, 0.2) is 35.5 Å². The average molecular weight is 295 g/mol. The molecule has 0 fully saturated rings.